The van der Waals surface area contributed by atoms with Crippen LogP contribution in [-0.2, 0) is 11.3 Å². The zero-order chi connectivity index (χ0) is 13.8. The van der Waals surface area contributed by atoms with Crippen LogP contribution in [0, 0.1) is 5.92 Å². The van der Waals surface area contributed by atoms with Crippen molar-refractivity contribution in [2.45, 2.75) is 13.0 Å². The lowest BCUT2D eigenvalue weighted by Crippen LogP contribution is -2.37. The van der Waals surface area contributed by atoms with Crippen LogP contribution in [0.1, 0.15) is 12.0 Å². The lowest BCUT2D eigenvalue weighted by Gasteiger charge is -2.10. The van der Waals surface area contributed by atoms with Gasteiger partial charge in [0, 0.05) is 30.3 Å². The molecule has 2 heterocycles. The highest BCUT2D eigenvalue weighted by atomic mass is 32.1. The summed E-state index contributed by atoms with van der Waals surface area (Å²) in [6.45, 7) is 2.83. The first-order valence-corrected chi connectivity index (χ1v) is 7.75. The second-order valence-electron chi connectivity index (χ2n) is 5.05. The van der Waals surface area contributed by atoms with E-state index in [1.807, 2.05) is 12.1 Å². The molecule has 0 spiro atoms. The Morgan fingerprint density at radius 2 is 2.25 bits per heavy atom. The summed E-state index contributed by atoms with van der Waals surface area (Å²) >= 11 is 1.71. The topological polar surface area (TPSA) is 50.4 Å². The van der Waals surface area contributed by atoms with E-state index in [9.17, 15) is 4.79 Å². The van der Waals surface area contributed by atoms with Crippen LogP contribution in [0.4, 0.5) is 4.79 Å². The van der Waals surface area contributed by atoms with Gasteiger partial charge in [-0.3, -0.25) is 0 Å². The molecule has 3 rings (SSSR count). The van der Waals surface area contributed by atoms with Crippen molar-refractivity contribution < 1.29 is 9.53 Å². The predicted molar refractivity (Wildman–Crippen MR) is 81.0 cm³/mol. The zero-order valence-electron chi connectivity index (χ0n) is 11.2. The number of ether oxygens (including phenoxy) is 1. The molecule has 106 valence electrons. The average molecular weight is 290 g/mol. The maximum Gasteiger partial charge on any atom is 0.315 e. The number of hydrogen-bond donors (Lipinski definition) is 2. The smallest absolute Gasteiger partial charge is 0.315 e. The van der Waals surface area contributed by atoms with Crippen LogP contribution in [-0.4, -0.2) is 25.8 Å². The number of rotatable bonds is 4. The Kier molecular flexibility index (Phi) is 4.18. The number of fused-ring (bicyclic) bond motifs is 1. The Bertz CT molecular complexity index is 590. The zero-order valence-corrected chi connectivity index (χ0v) is 12.0. The molecule has 1 saturated heterocycles. The minimum atomic E-state index is -0.104. The van der Waals surface area contributed by atoms with Gasteiger partial charge in [0.1, 0.15) is 0 Å². The average Bonchev–Trinajstić information content (AvgIpc) is 3.12. The van der Waals surface area contributed by atoms with Gasteiger partial charge in [-0.2, -0.15) is 0 Å². The molecular formula is C15H18N2O2S. The summed E-state index contributed by atoms with van der Waals surface area (Å²) in [5.41, 5.74) is 1.17. The fraction of sp³-hybridized carbons (Fsp3) is 0.400. The molecule has 0 bridgehead atoms. The summed E-state index contributed by atoms with van der Waals surface area (Å²) in [5.74, 6) is 0.461. The van der Waals surface area contributed by atoms with E-state index in [0.29, 0.717) is 19.0 Å². The molecular weight excluding hydrogens is 272 g/mol. The first-order chi connectivity index (χ1) is 9.83. The quantitative estimate of drug-likeness (QED) is 0.909. The molecule has 0 saturated carbocycles. The van der Waals surface area contributed by atoms with Gasteiger partial charge < -0.3 is 15.4 Å². The molecule has 2 N–H and O–H groups in total. The number of carbonyl (C=O) groups is 1. The summed E-state index contributed by atoms with van der Waals surface area (Å²) in [4.78, 5) is 11.8. The third-order valence-electron chi connectivity index (χ3n) is 3.58. The number of amides is 2. The van der Waals surface area contributed by atoms with Crippen molar-refractivity contribution >= 4 is 27.5 Å². The second-order valence-corrected chi connectivity index (χ2v) is 5.96. The van der Waals surface area contributed by atoms with Gasteiger partial charge >= 0.3 is 6.03 Å². The minimum absolute atomic E-state index is 0.104. The molecule has 1 aromatic heterocycles. The normalized spacial score (nSPS) is 18.3. The summed E-state index contributed by atoms with van der Waals surface area (Å²) in [6, 6.07) is 8.15. The Labute approximate surface area is 122 Å². The summed E-state index contributed by atoms with van der Waals surface area (Å²) in [6.07, 6.45) is 1.04. The van der Waals surface area contributed by atoms with E-state index < -0.39 is 0 Å². The van der Waals surface area contributed by atoms with Gasteiger partial charge in [-0.1, -0.05) is 18.2 Å². The van der Waals surface area contributed by atoms with E-state index in [1.54, 1.807) is 11.3 Å². The number of hydrogen-bond acceptors (Lipinski definition) is 3. The predicted octanol–water partition coefficient (Wildman–Crippen LogP) is 2.74. The number of benzene rings is 1. The van der Waals surface area contributed by atoms with E-state index in [-0.39, 0.29) is 6.03 Å². The fourth-order valence-corrected chi connectivity index (χ4v) is 3.35. The van der Waals surface area contributed by atoms with Crippen molar-refractivity contribution in [3.05, 3.63) is 35.2 Å². The van der Waals surface area contributed by atoms with Crippen molar-refractivity contribution in [3.63, 3.8) is 0 Å². The fourth-order valence-electron chi connectivity index (χ4n) is 2.39. The Hall–Kier alpha value is -1.59. The standard InChI is InChI=1S/C15H18N2O2S/c18-15(16-7-11-5-6-19-9-11)17-8-12-10-20-14-4-2-1-3-13(12)14/h1-4,10-11H,5-9H2,(H2,16,17,18)/t11-/m0/s1. The maximum atomic E-state index is 11.8. The monoisotopic (exact) mass is 290 g/mol. The van der Waals surface area contributed by atoms with Crippen LogP contribution >= 0.6 is 11.3 Å². The van der Waals surface area contributed by atoms with E-state index >= 15 is 0 Å². The van der Waals surface area contributed by atoms with Gasteiger partial charge in [0.05, 0.1) is 6.61 Å². The number of nitrogens with one attached hydrogen (secondary N) is 2. The first kappa shape index (κ1) is 13.4. The van der Waals surface area contributed by atoms with Gasteiger partial charge in [0.25, 0.3) is 0 Å². The molecule has 20 heavy (non-hydrogen) atoms. The van der Waals surface area contributed by atoms with Crippen LogP contribution < -0.4 is 10.6 Å². The van der Waals surface area contributed by atoms with Crippen LogP contribution in [0.25, 0.3) is 10.1 Å². The maximum absolute atomic E-state index is 11.8. The van der Waals surface area contributed by atoms with E-state index in [4.69, 9.17) is 4.74 Å². The largest absolute Gasteiger partial charge is 0.381 e. The van der Waals surface area contributed by atoms with Gasteiger partial charge in [-0.15, -0.1) is 11.3 Å². The Morgan fingerprint density at radius 1 is 1.35 bits per heavy atom. The van der Waals surface area contributed by atoms with Gasteiger partial charge in [0.2, 0.25) is 0 Å². The van der Waals surface area contributed by atoms with Crippen molar-refractivity contribution in [1.29, 1.82) is 0 Å². The van der Waals surface area contributed by atoms with Gasteiger partial charge in [-0.05, 0) is 28.8 Å². The van der Waals surface area contributed by atoms with Crippen LogP contribution in [0.2, 0.25) is 0 Å². The summed E-state index contributed by atoms with van der Waals surface area (Å²) in [5, 5.41) is 9.16. The number of urea groups is 1. The molecule has 1 fully saturated rings. The molecule has 1 atom stereocenters. The van der Waals surface area contributed by atoms with Gasteiger partial charge in [-0.25, -0.2) is 4.79 Å². The van der Waals surface area contributed by atoms with Crippen LogP contribution in [0.5, 0.6) is 0 Å². The molecule has 2 aromatic rings. The summed E-state index contributed by atoms with van der Waals surface area (Å²) < 4.78 is 6.54. The highest BCUT2D eigenvalue weighted by molar-refractivity contribution is 7.17. The molecule has 1 aromatic carbocycles. The van der Waals surface area contributed by atoms with Gasteiger partial charge in [0.15, 0.2) is 0 Å². The molecule has 1 aliphatic rings. The summed E-state index contributed by atoms with van der Waals surface area (Å²) in [7, 11) is 0. The molecule has 1 aliphatic heterocycles. The SMILES string of the molecule is O=C(NCc1csc2ccccc12)NC[C@@H]1CCOC1. The third-order valence-corrected chi connectivity index (χ3v) is 4.59. The van der Waals surface area contributed by atoms with E-state index in [1.165, 1.54) is 15.6 Å². The first-order valence-electron chi connectivity index (χ1n) is 6.87. The van der Waals surface area contributed by atoms with E-state index in [0.717, 1.165) is 19.6 Å². The van der Waals surface area contributed by atoms with E-state index in [2.05, 4.69) is 28.1 Å². The van der Waals surface area contributed by atoms with Crippen molar-refractivity contribution in [2.75, 3.05) is 19.8 Å². The third kappa shape index (κ3) is 3.11. The Balaban J connectivity index is 1.49. The highest BCUT2D eigenvalue weighted by Gasteiger charge is 2.16. The molecule has 0 unspecified atom stereocenters. The van der Waals surface area contributed by atoms with Crippen LogP contribution in [0.3, 0.4) is 0 Å². The molecule has 2 amide bonds. The second kappa shape index (κ2) is 6.24. The lowest BCUT2D eigenvalue weighted by molar-refractivity contribution is 0.185. The molecule has 0 radical (unpaired) electrons. The van der Waals surface area contributed by atoms with Crippen LogP contribution in [0.15, 0.2) is 29.6 Å². The number of carbonyl (C=O) groups excluding carboxylic acids is 1. The minimum Gasteiger partial charge on any atom is -0.381 e. The molecule has 5 heteroatoms. The van der Waals surface area contributed by atoms with Crippen molar-refractivity contribution in [1.82, 2.24) is 10.6 Å². The lowest BCUT2D eigenvalue weighted by atomic mass is 10.1. The Morgan fingerprint density at radius 3 is 3.10 bits per heavy atom. The molecule has 0 aliphatic carbocycles. The number of thiophene rings is 1. The van der Waals surface area contributed by atoms with Crippen molar-refractivity contribution in [2.24, 2.45) is 5.92 Å². The van der Waals surface area contributed by atoms with Crippen molar-refractivity contribution in [3.8, 4) is 0 Å². The molecule has 4 nitrogen and oxygen atoms in total. The highest BCUT2D eigenvalue weighted by Crippen LogP contribution is 2.25.